The largest absolute Gasteiger partial charge is 0.459 e. The van der Waals surface area contributed by atoms with Gasteiger partial charge in [0.05, 0.1) is 16.8 Å². The zero-order chi connectivity index (χ0) is 21.7. The van der Waals surface area contributed by atoms with E-state index in [1.54, 1.807) is 30.3 Å². The van der Waals surface area contributed by atoms with Gasteiger partial charge in [0.25, 0.3) is 5.91 Å². The lowest BCUT2D eigenvalue weighted by Crippen LogP contribution is -2.45. The third kappa shape index (κ3) is 5.42. The topological polar surface area (TPSA) is 71.3 Å². The van der Waals surface area contributed by atoms with E-state index in [1.807, 2.05) is 0 Å². The van der Waals surface area contributed by atoms with E-state index in [0.717, 1.165) is 17.7 Å². The molecule has 0 spiro atoms. The fourth-order valence-corrected chi connectivity index (χ4v) is 2.97. The summed E-state index contributed by atoms with van der Waals surface area (Å²) in [6, 6.07) is 13.8. The predicted molar refractivity (Wildman–Crippen MR) is 105 cm³/mol. The van der Waals surface area contributed by atoms with Crippen molar-refractivity contribution in [2.75, 3.05) is 5.32 Å². The number of carbonyl (C=O) groups is 2. The van der Waals surface area contributed by atoms with Crippen LogP contribution in [0.3, 0.4) is 0 Å². The van der Waals surface area contributed by atoms with Crippen molar-refractivity contribution in [2.45, 2.75) is 18.6 Å². The van der Waals surface area contributed by atoms with E-state index in [1.165, 1.54) is 24.5 Å². The van der Waals surface area contributed by atoms with E-state index in [2.05, 4.69) is 10.6 Å². The van der Waals surface area contributed by atoms with Crippen LogP contribution in [0.1, 0.15) is 21.7 Å². The first-order valence-corrected chi connectivity index (χ1v) is 9.18. The van der Waals surface area contributed by atoms with Gasteiger partial charge in [0.2, 0.25) is 5.91 Å². The van der Waals surface area contributed by atoms with Crippen LogP contribution in [0.2, 0.25) is 5.02 Å². The first-order chi connectivity index (χ1) is 14.2. The van der Waals surface area contributed by atoms with Crippen LogP contribution in [0, 0.1) is 0 Å². The zero-order valence-electron chi connectivity index (χ0n) is 15.4. The molecule has 0 saturated heterocycles. The van der Waals surface area contributed by atoms with Crippen molar-refractivity contribution in [3.63, 3.8) is 0 Å². The van der Waals surface area contributed by atoms with Crippen LogP contribution in [0.15, 0.2) is 71.3 Å². The first kappa shape index (κ1) is 21.4. The highest BCUT2D eigenvalue weighted by Crippen LogP contribution is 2.36. The molecule has 156 valence electrons. The maximum atomic E-state index is 13.1. The summed E-state index contributed by atoms with van der Waals surface area (Å²) >= 11 is 5.61. The van der Waals surface area contributed by atoms with Crippen LogP contribution in [0.5, 0.6) is 0 Å². The van der Waals surface area contributed by atoms with E-state index in [0.29, 0.717) is 0 Å². The number of hydrogen-bond donors (Lipinski definition) is 2. The minimum Gasteiger partial charge on any atom is -0.459 e. The molecule has 9 heteroatoms. The highest BCUT2D eigenvalue weighted by Gasteiger charge is 2.33. The molecule has 0 bridgehead atoms. The number of alkyl halides is 3. The number of amides is 2. The summed E-state index contributed by atoms with van der Waals surface area (Å²) in [6.45, 7) is 0. The SMILES string of the molecule is O=C(NC(Cc1ccccc1)C(=O)Nc1ccc(Cl)c(C(F)(F)F)c1)c1ccco1. The number of furan rings is 1. The average molecular weight is 437 g/mol. The predicted octanol–water partition coefficient (Wildman–Crippen LogP) is 4.93. The standard InChI is InChI=1S/C21H16ClF3N2O3/c22-16-9-8-14(12-15(16)21(23,24)25)26-19(28)17(11-13-5-2-1-3-6-13)27-20(29)18-7-4-10-30-18/h1-10,12,17H,11H2,(H,26,28)(H,27,29). The Morgan fingerprint density at radius 3 is 2.40 bits per heavy atom. The molecule has 2 amide bonds. The molecule has 1 unspecified atom stereocenters. The maximum absolute atomic E-state index is 13.1. The van der Waals surface area contributed by atoms with Crippen molar-refractivity contribution in [3.8, 4) is 0 Å². The molecule has 0 fully saturated rings. The maximum Gasteiger partial charge on any atom is 0.417 e. The second-order valence-electron chi connectivity index (χ2n) is 6.37. The zero-order valence-corrected chi connectivity index (χ0v) is 16.1. The molecule has 1 atom stereocenters. The molecule has 0 radical (unpaired) electrons. The van der Waals surface area contributed by atoms with E-state index in [-0.39, 0.29) is 17.9 Å². The summed E-state index contributed by atoms with van der Waals surface area (Å²) in [4.78, 5) is 25.1. The van der Waals surface area contributed by atoms with Gasteiger partial charge in [0, 0.05) is 12.1 Å². The minimum absolute atomic E-state index is 0.00622. The van der Waals surface area contributed by atoms with Crippen molar-refractivity contribution in [3.05, 3.63) is 88.8 Å². The summed E-state index contributed by atoms with van der Waals surface area (Å²) in [5, 5.41) is 4.48. The van der Waals surface area contributed by atoms with Gasteiger partial charge in [-0.25, -0.2) is 0 Å². The smallest absolute Gasteiger partial charge is 0.417 e. The Morgan fingerprint density at radius 2 is 1.77 bits per heavy atom. The fraction of sp³-hybridized carbons (Fsp3) is 0.143. The lowest BCUT2D eigenvalue weighted by molar-refractivity contribution is -0.137. The van der Waals surface area contributed by atoms with Crippen molar-refractivity contribution < 1.29 is 27.2 Å². The number of halogens is 4. The first-order valence-electron chi connectivity index (χ1n) is 8.80. The number of benzene rings is 2. The van der Waals surface area contributed by atoms with Gasteiger partial charge in [0.15, 0.2) is 5.76 Å². The third-order valence-corrected chi connectivity index (χ3v) is 4.52. The summed E-state index contributed by atoms with van der Waals surface area (Å²) in [5.74, 6) is -1.30. The molecule has 0 aliphatic carbocycles. The Morgan fingerprint density at radius 1 is 1.03 bits per heavy atom. The molecule has 0 saturated carbocycles. The summed E-state index contributed by atoms with van der Waals surface area (Å²) in [7, 11) is 0. The molecular weight excluding hydrogens is 421 g/mol. The lowest BCUT2D eigenvalue weighted by Gasteiger charge is -2.19. The van der Waals surface area contributed by atoms with Crippen molar-refractivity contribution in [1.82, 2.24) is 5.32 Å². The highest BCUT2D eigenvalue weighted by atomic mass is 35.5. The molecule has 3 rings (SSSR count). The van der Waals surface area contributed by atoms with E-state index in [4.69, 9.17) is 16.0 Å². The number of rotatable bonds is 6. The molecule has 1 aromatic heterocycles. The van der Waals surface area contributed by atoms with Crippen molar-refractivity contribution >= 4 is 29.1 Å². The molecule has 2 N–H and O–H groups in total. The van der Waals surface area contributed by atoms with Crippen LogP contribution < -0.4 is 10.6 Å². The quantitative estimate of drug-likeness (QED) is 0.575. The lowest BCUT2D eigenvalue weighted by atomic mass is 10.0. The molecule has 0 aliphatic heterocycles. The average Bonchev–Trinajstić information content (AvgIpc) is 3.24. The third-order valence-electron chi connectivity index (χ3n) is 4.19. The van der Waals surface area contributed by atoms with Crippen LogP contribution in [-0.4, -0.2) is 17.9 Å². The van der Waals surface area contributed by atoms with Gasteiger partial charge in [-0.05, 0) is 35.9 Å². The Hall–Kier alpha value is -3.26. The Labute approximate surface area is 174 Å². The van der Waals surface area contributed by atoms with E-state index >= 15 is 0 Å². The van der Waals surface area contributed by atoms with Gasteiger partial charge in [-0.3, -0.25) is 9.59 Å². The van der Waals surface area contributed by atoms with Crippen LogP contribution in [0.25, 0.3) is 0 Å². The van der Waals surface area contributed by atoms with E-state index in [9.17, 15) is 22.8 Å². The van der Waals surface area contributed by atoms with Gasteiger partial charge in [-0.15, -0.1) is 0 Å². The number of nitrogens with one attached hydrogen (secondary N) is 2. The monoisotopic (exact) mass is 436 g/mol. The number of anilines is 1. The Balaban J connectivity index is 1.82. The molecule has 30 heavy (non-hydrogen) atoms. The minimum atomic E-state index is -4.67. The Bertz CT molecular complexity index is 1020. The van der Waals surface area contributed by atoms with Gasteiger partial charge >= 0.3 is 6.18 Å². The fourth-order valence-electron chi connectivity index (χ4n) is 2.75. The van der Waals surface area contributed by atoms with Gasteiger partial charge in [-0.1, -0.05) is 41.9 Å². The van der Waals surface area contributed by atoms with Crippen molar-refractivity contribution in [1.29, 1.82) is 0 Å². The molecule has 3 aromatic rings. The van der Waals surface area contributed by atoms with Crippen LogP contribution in [-0.2, 0) is 17.4 Å². The summed E-state index contributed by atoms with van der Waals surface area (Å²) < 4.78 is 44.3. The number of carbonyl (C=O) groups excluding carboxylic acids is 2. The van der Waals surface area contributed by atoms with Gasteiger partial charge in [-0.2, -0.15) is 13.2 Å². The molecule has 1 heterocycles. The highest BCUT2D eigenvalue weighted by molar-refractivity contribution is 6.31. The van der Waals surface area contributed by atoms with Crippen LogP contribution in [0.4, 0.5) is 18.9 Å². The summed E-state index contributed by atoms with van der Waals surface area (Å²) in [6.07, 6.45) is -3.23. The van der Waals surface area contributed by atoms with Gasteiger partial charge in [0.1, 0.15) is 6.04 Å². The Kier molecular flexibility index (Phi) is 6.47. The molecular formula is C21H16ClF3N2O3. The van der Waals surface area contributed by atoms with E-state index < -0.39 is 34.6 Å². The second kappa shape index (κ2) is 9.04. The normalized spacial score (nSPS) is 12.3. The molecule has 5 nitrogen and oxygen atoms in total. The van der Waals surface area contributed by atoms with Gasteiger partial charge < -0.3 is 15.1 Å². The summed E-state index contributed by atoms with van der Waals surface area (Å²) in [5.41, 5.74) is -0.410. The molecule has 0 aliphatic rings. The van der Waals surface area contributed by atoms with Crippen LogP contribution >= 0.6 is 11.6 Å². The number of hydrogen-bond acceptors (Lipinski definition) is 3. The second-order valence-corrected chi connectivity index (χ2v) is 6.78. The van der Waals surface area contributed by atoms with Crippen molar-refractivity contribution in [2.24, 2.45) is 0 Å². The molecule has 2 aromatic carbocycles.